The van der Waals surface area contributed by atoms with E-state index in [1.165, 1.54) is 18.2 Å². The first-order valence-corrected chi connectivity index (χ1v) is 9.87. The number of nitrogens with one attached hydrogen (secondary N) is 1. The largest absolute Gasteiger partial charge is 1.00 e. The standard InChI is InChI=1S/C18H22N2O4S.BrH/c1-2-25(23,24)15-9-10-17(21)16(14-15)19-18(22)8-4-7-13-20-11-5-3-6-12-20;/h3,5-6,9-12,14H,2,4,7-8,13H2,1H3,(H-,19,21,22);1H. The number of aromatic nitrogens is 1. The van der Waals surface area contributed by atoms with E-state index in [2.05, 4.69) is 5.32 Å². The molecule has 0 atom stereocenters. The van der Waals surface area contributed by atoms with Gasteiger partial charge in [0.25, 0.3) is 0 Å². The molecule has 142 valence electrons. The number of nitrogens with zero attached hydrogens (tertiary/aromatic N) is 1. The highest BCUT2D eigenvalue weighted by Crippen LogP contribution is 2.27. The molecule has 0 saturated carbocycles. The molecule has 0 bridgehead atoms. The molecule has 1 aromatic heterocycles. The second kappa shape index (κ2) is 10.3. The summed E-state index contributed by atoms with van der Waals surface area (Å²) in [5.74, 6) is -0.440. The van der Waals surface area contributed by atoms with Crippen LogP contribution in [0.1, 0.15) is 26.2 Å². The minimum atomic E-state index is -3.39. The fourth-order valence-electron chi connectivity index (χ4n) is 2.35. The zero-order valence-electron chi connectivity index (χ0n) is 14.6. The van der Waals surface area contributed by atoms with Gasteiger partial charge in [-0.05, 0) is 24.6 Å². The summed E-state index contributed by atoms with van der Waals surface area (Å²) < 4.78 is 25.8. The third-order valence-corrected chi connectivity index (χ3v) is 5.56. The number of anilines is 1. The normalized spacial score (nSPS) is 10.8. The Balaban J connectivity index is 0.00000338. The Bertz CT molecular complexity index is 826. The molecule has 2 N–H and O–H groups in total. The molecule has 0 saturated heterocycles. The quantitative estimate of drug-likeness (QED) is 0.321. The van der Waals surface area contributed by atoms with Crippen molar-refractivity contribution in [2.45, 2.75) is 37.6 Å². The van der Waals surface area contributed by atoms with E-state index in [1.807, 2.05) is 35.2 Å². The van der Waals surface area contributed by atoms with Crippen LogP contribution in [0.4, 0.5) is 5.69 Å². The van der Waals surface area contributed by atoms with Crippen LogP contribution in [0.3, 0.4) is 0 Å². The number of hydrogen-bond acceptors (Lipinski definition) is 4. The Morgan fingerprint density at radius 3 is 2.50 bits per heavy atom. The maximum absolute atomic E-state index is 12.0. The van der Waals surface area contributed by atoms with Crippen LogP contribution in [-0.4, -0.2) is 25.2 Å². The number of halogens is 1. The molecular formula is C18H23BrN2O4S. The molecule has 6 nitrogen and oxygen atoms in total. The van der Waals surface area contributed by atoms with Gasteiger partial charge in [0, 0.05) is 25.0 Å². The first-order chi connectivity index (χ1) is 11.9. The highest BCUT2D eigenvalue weighted by Gasteiger charge is 2.15. The van der Waals surface area contributed by atoms with Crippen molar-refractivity contribution in [1.82, 2.24) is 0 Å². The summed E-state index contributed by atoms with van der Waals surface area (Å²) >= 11 is 0. The SMILES string of the molecule is CCS(=O)(=O)c1ccc(O)c(NC(=O)CCCC[n+]2ccccc2)c1.[Br-]. The van der Waals surface area contributed by atoms with Crippen LogP contribution in [0.25, 0.3) is 0 Å². The lowest BCUT2D eigenvalue weighted by atomic mass is 10.2. The molecule has 1 aromatic carbocycles. The van der Waals surface area contributed by atoms with Crippen LogP contribution in [0.5, 0.6) is 5.75 Å². The number of carbonyl (C=O) groups is 1. The molecular weight excluding hydrogens is 420 g/mol. The van der Waals surface area contributed by atoms with Crippen LogP contribution >= 0.6 is 0 Å². The molecule has 1 amide bonds. The first-order valence-electron chi connectivity index (χ1n) is 8.22. The average Bonchev–Trinajstić information content (AvgIpc) is 2.61. The number of pyridine rings is 1. The Morgan fingerprint density at radius 2 is 1.85 bits per heavy atom. The number of unbranched alkanes of at least 4 members (excludes halogenated alkanes) is 1. The van der Waals surface area contributed by atoms with Crippen LogP contribution in [0.2, 0.25) is 0 Å². The predicted octanol–water partition coefficient (Wildman–Crippen LogP) is -0.714. The lowest BCUT2D eigenvalue weighted by Gasteiger charge is -2.09. The third-order valence-electron chi connectivity index (χ3n) is 3.83. The molecule has 2 rings (SSSR count). The number of rotatable bonds is 8. The predicted molar refractivity (Wildman–Crippen MR) is 95.0 cm³/mol. The number of benzene rings is 1. The molecule has 26 heavy (non-hydrogen) atoms. The summed E-state index contributed by atoms with van der Waals surface area (Å²) in [6.45, 7) is 2.37. The number of phenolic OH excluding ortho intramolecular Hbond substituents is 1. The number of phenols is 1. The number of carbonyl (C=O) groups excluding carboxylic acids is 1. The molecule has 2 aromatic rings. The Hall–Kier alpha value is -1.93. The molecule has 0 spiro atoms. The van der Waals surface area contributed by atoms with Gasteiger partial charge in [0.2, 0.25) is 5.91 Å². The molecule has 8 heteroatoms. The van der Waals surface area contributed by atoms with E-state index < -0.39 is 9.84 Å². The van der Waals surface area contributed by atoms with E-state index in [1.54, 1.807) is 6.92 Å². The highest BCUT2D eigenvalue weighted by molar-refractivity contribution is 7.91. The zero-order chi connectivity index (χ0) is 18.3. The zero-order valence-corrected chi connectivity index (χ0v) is 17.0. The van der Waals surface area contributed by atoms with Gasteiger partial charge >= 0.3 is 0 Å². The van der Waals surface area contributed by atoms with E-state index in [0.29, 0.717) is 12.8 Å². The fraction of sp³-hybridized carbons (Fsp3) is 0.333. The molecule has 0 aliphatic carbocycles. The van der Waals surface area contributed by atoms with Crippen molar-refractivity contribution in [1.29, 1.82) is 0 Å². The van der Waals surface area contributed by atoms with Gasteiger partial charge in [0.1, 0.15) is 12.3 Å². The summed E-state index contributed by atoms with van der Waals surface area (Å²) in [5, 5.41) is 12.4. The van der Waals surface area contributed by atoms with E-state index in [0.717, 1.165) is 13.0 Å². The first kappa shape index (κ1) is 22.1. The van der Waals surface area contributed by atoms with E-state index in [9.17, 15) is 18.3 Å². The summed E-state index contributed by atoms with van der Waals surface area (Å²) in [6.07, 6.45) is 5.78. The van der Waals surface area contributed by atoms with Crippen molar-refractivity contribution < 1.29 is 39.9 Å². The highest BCUT2D eigenvalue weighted by atomic mass is 79.9. The number of amides is 1. The van der Waals surface area contributed by atoms with Crippen molar-refractivity contribution >= 4 is 21.4 Å². The van der Waals surface area contributed by atoms with Gasteiger partial charge in [-0.1, -0.05) is 13.0 Å². The second-order valence-electron chi connectivity index (χ2n) is 5.70. The molecule has 0 radical (unpaired) electrons. The van der Waals surface area contributed by atoms with Gasteiger partial charge in [-0.3, -0.25) is 4.79 Å². The molecule has 0 aliphatic heterocycles. The summed E-state index contributed by atoms with van der Waals surface area (Å²) in [4.78, 5) is 12.1. The van der Waals surface area contributed by atoms with Crippen molar-refractivity contribution in [3.05, 3.63) is 48.8 Å². The van der Waals surface area contributed by atoms with Gasteiger partial charge in [-0.15, -0.1) is 0 Å². The maximum atomic E-state index is 12.0. The van der Waals surface area contributed by atoms with Crippen molar-refractivity contribution in [3.63, 3.8) is 0 Å². The van der Waals surface area contributed by atoms with Crippen LogP contribution < -0.4 is 26.9 Å². The Kier molecular flexibility index (Phi) is 8.74. The van der Waals surface area contributed by atoms with E-state index >= 15 is 0 Å². The van der Waals surface area contributed by atoms with Gasteiger partial charge in [-0.25, -0.2) is 13.0 Å². The number of hydrogen-bond donors (Lipinski definition) is 2. The van der Waals surface area contributed by atoms with Gasteiger partial charge in [0.05, 0.1) is 16.3 Å². The number of aromatic hydroxyl groups is 1. The lowest BCUT2D eigenvalue weighted by molar-refractivity contribution is -0.697. The summed E-state index contributed by atoms with van der Waals surface area (Å²) in [7, 11) is -3.39. The smallest absolute Gasteiger partial charge is 0.224 e. The van der Waals surface area contributed by atoms with E-state index in [-0.39, 0.29) is 45.0 Å². The lowest BCUT2D eigenvalue weighted by Crippen LogP contribution is -3.00. The van der Waals surface area contributed by atoms with Crippen LogP contribution in [0.15, 0.2) is 53.7 Å². The van der Waals surface area contributed by atoms with Crippen molar-refractivity contribution in [3.8, 4) is 5.75 Å². The van der Waals surface area contributed by atoms with Gasteiger partial charge < -0.3 is 27.4 Å². The minimum absolute atomic E-state index is 0. The third kappa shape index (κ3) is 6.42. The van der Waals surface area contributed by atoms with Crippen LogP contribution in [-0.2, 0) is 21.2 Å². The van der Waals surface area contributed by atoms with Gasteiger partial charge in [-0.2, -0.15) is 0 Å². The average molecular weight is 443 g/mol. The molecule has 0 aliphatic rings. The topological polar surface area (TPSA) is 87.3 Å². The Morgan fingerprint density at radius 1 is 1.15 bits per heavy atom. The summed E-state index contributed by atoms with van der Waals surface area (Å²) in [5.41, 5.74) is 0.122. The molecule has 1 heterocycles. The fourth-order valence-corrected chi connectivity index (χ4v) is 3.26. The number of sulfone groups is 1. The maximum Gasteiger partial charge on any atom is 0.224 e. The minimum Gasteiger partial charge on any atom is -1.00 e. The number of aryl methyl sites for hydroxylation is 1. The second-order valence-corrected chi connectivity index (χ2v) is 7.98. The van der Waals surface area contributed by atoms with E-state index in [4.69, 9.17) is 0 Å². The molecule has 0 unspecified atom stereocenters. The van der Waals surface area contributed by atoms with Crippen molar-refractivity contribution in [2.24, 2.45) is 0 Å². The van der Waals surface area contributed by atoms with Crippen molar-refractivity contribution in [2.75, 3.05) is 11.1 Å². The van der Waals surface area contributed by atoms with Crippen LogP contribution in [0, 0.1) is 0 Å². The van der Waals surface area contributed by atoms with Gasteiger partial charge in [0.15, 0.2) is 22.2 Å². The monoisotopic (exact) mass is 442 g/mol. The Labute approximate surface area is 164 Å². The molecule has 0 fully saturated rings. The summed E-state index contributed by atoms with van der Waals surface area (Å²) in [6, 6.07) is 9.76.